The Morgan fingerprint density at radius 1 is 0.500 bits per heavy atom. The van der Waals surface area contributed by atoms with Crippen LogP contribution in [0.3, 0.4) is 0 Å². The zero-order valence-electron chi connectivity index (χ0n) is 19.1. The van der Waals surface area contributed by atoms with Crippen molar-refractivity contribution in [2.24, 2.45) is 0 Å². The van der Waals surface area contributed by atoms with Gasteiger partial charge in [0.05, 0.1) is 0 Å². The van der Waals surface area contributed by atoms with Gasteiger partial charge >= 0.3 is 0 Å². The molecule has 0 aromatic heterocycles. The van der Waals surface area contributed by atoms with Crippen LogP contribution < -0.4 is 0 Å². The van der Waals surface area contributed by atoms with Crippen LogP contribution in [0.2, 0.25) is 0 Å². The van der Waals surface area contributed by atoms with E-state index in [1.165, 1.54) is 28.7 Å². The molecule has 0 aliphatic heterocycles. The summed E-state index contributed by atoms with van der Waals surface area (Å²) < 4.78 is 14.9. The summed E-state index contributed by atoms with van der Waals surface area (Å²) in [6.07, 6.45) is 5.34. The van der Waals surface area contributed by atoms with Crippen LogP contribution in [0.15, 0.2) is 91.0 Å². The van der Waals surface area contributed by atoms with Crippen molar-refractivity contribution in [1.82, 2.24) is 0 Å². The van der Waals surface area contributed by atoms with Gasteiger partial charge in [0.1, 0.15) is 5.82 Å². The smallest absolute Gasteiger partial charge is 0.131 e. The second-order valence-electron chi connectivity index (χ2n) is 8.51. The Bertz CT molecular complexity index is 1140. The topological polar surface area (TPSA) is 0 Å². The van der Waals surface area contributed by atoms with Gasteiger partial charge in [-0.15, -0.1) is 0 Å². The van der Waals surface area contributed by atoms with Gasteiger partial charge in [0, 0.05) is 5.56 Å². The molecule has 0 aliphatic carbocycles. The Morgan fingerprint density at radius 2 is 0.969 bits per heavy atom. The second-order valence-corrected chi connectivity index (χ2v) is 8.51. The van der Waals surface area contributed by atoms with Crippen molar-refractivity contribution in [2.45, 2.75) is 46.0 Å². The average molecular weight is 423 g/mol. The predicted molar refractivity (Wildman–Crippen MR) is 134 cm³/mol. The van der Waals surface area contributed by atoms with Gasteiger partial charge in [-0.2, -0.15) is 0 Å². The number of aryl methyl sites for hydroxylation is 4. The number of halogens is 1. The van der Waals surface area contributed by atoms with Crippen molar-refractivity contribution >= 4 is 0 Å². The van der Waals surface area contributed by atoms with E-state index in [4.69, 9.17) is 0 Å². The summed E-state index contributed by atoms with van der Waals surface area (Å²) in [4.78, 5) is 0. The van der Waals surface area contributed by atoms with Crippen LogP contribution in [0.1, 0.15) is 42.5 Å². The van der Waals surface area contributed by atoms with Crippen LogP contribution in [0.5, 0.6) is 0 Å². The lowest BCUT2D eigenvalue weighted by Crippen LogP contribution is -1.93. The third kappa shape index (κ3) is 5.34. The summed E-state index contributed by atoms with van der Waals surface area (Å²) in [7, 11) is 0. The maximum atomic E-state index is 14.9. The number of hydrogen-bond acceptors (Lipinski definition) is 0. The maximum absolute atomic E-state index is 14.9. The van der Waals surface area contributed by atoms with E-state index in [1.807, 2.05) is 24.3 Å². The molecule has 0 N–H and O–H groups in total. The lowest BCUT2D eigenvalue weighted by molar-refractivity contribution is 0.632. The van der Waals surface area contributed by atoms with Gasteiger partial charge in [-0.25, -0.2) is 4.39 Å². The molecule has 0 bridgehead atoms. The van der Waals surface area contributed by atoms with E-state index in [2.05, 4.69) is 74.5 Å². The van der Waals surface area contributed by atoms with Crippen molar-refractivity contribution in [3.8, 4) is 22.3 Å². The first-order valence-corrected chi connectivity index (χ1v) is 11.7. The lowest BCUT2D eigenvalue weighted by Gasteiger charge is -2.09. The van der Waals surface area contributed by atoms with Crippen LogP contribution in [0.4, 0.5) is 4.39 Å². The quantitative estimate of drug-likeness (QED) is 0.267. The highest BCUT2D eigenvalue weighted by atomic mass is 19.1. The Hall–Kier alpha value is -3.19. The van der Waals surface area contributed by atoms with Gasteiger partial charge < -0.3 is 0 Å². The molecule has 0 atom stereocenters. The molecule has 32 heavy (non-hydrogen) atoms. The molecule has 1 heteroatoms. The van der Waals surface area contributed by atoms with Gasteiger partial charge in [0.2, 0.25) is 0 Å². The third-order valence-electron chi connectivity index (χ3n) is 6.19. The molecule has 162 valence electrons. The summed E-state index contributed by atoms with van der Waals surface area (Å²) in [5, 5.41) is 0. The summed E-state index contributed by atoms with van der Waals surface area (Å²) in [5.74, 6) is -0.179. The Balaban J connectivity index is 1.42. The van der Waals surface area contributed by atoms with Crippen molar-refractivity contribution in [2.75, 3.05) is 0 Å². The first-order chi connectivity index (χ1) is 15.7. The molecule has 0 spiro atoms. The molecule has 0 heterocycles. The normalized spacial score (nSPS) is 11.0. The van der Waals surface area contributed by atoms with E-state index >= 15 is 0 Å². The van der Waals surface area contributed by atoms with Gasteiger partial charge in [-0.1, -0.05) is 105 Å². The second kappa shape index (κ2) is 10.4. The van der Waals surface area contributed by atoms with Crippen molar-refractivity contribution in [3.05, 3.63) is 119 Å². The zero-order chi connectivity index (χ0) is 22.3. The van der Waals surface area contributed by atoms with E-state index in [0.29, 0.717) is 5.56 Å². The van der Waals surface area contributed by atoms with E-state index in [9.17, 15) is 4.39 Å². The van der Waals surface area contributed by atoms with Crippen molar-refractivity contribution < 1.29 is 4.39 Å². The fourth-order valence-corrected chi connectivity index (χ4v) is 4.16. The molecular formula is C31H31F. The van der Waals surface area contributed by atoms with Crippen LogP contribution in [0.25, 0.3) is 22.3 Å². The summed E-state index contributed by atoms with van der Waals surface area (Å²) in [6, 6.07) is 31.2. The highest BCUT2D eigenvalue weighted by Crippen LogP contribution is 2.28. The van der Waals surface area contributed by atoms with E-state index in [-0.39, 0.29) is 5.82 Å². The molecule has 0 radical (unpaired) electrons. The molecule has 0 aliphatic rings. The monoisotopic (exact) mass is 422 g/mol. The fraction of sp³-hybridized carbons (Fsp3) is 0.226. The summed E-state index contributed by atoms with van der Waals surface area (Å²) in [5.41, 5.74) is 8.87. The highest BCUT2D eigenvalue weighted by Gasteiger charge is 2.08. The summed E-state index contributed by atoms with van der Waals surface area (Å²) in [6.45, 7) is 4.35. The zero-order valence-corrected chi connectivity index (χ0v) is 19.1. The Kier molecular flexibility index (Phi) is 7.17. The largest absolute Gasteiger partial charge is 0.206 e. The van der Waals surface area contributed by atoms with E-state index < -0.39 is 0 Å². The Morgan fingerprint density at radius 3 is 1.50 bits per heavy atom. The third-order valence-corrected chi connectivity index (χ3v) is 6.19. The van der Waals surface area contributed by atoms with Gasteiger partial charge in [0.15, 0.2) is 0 Å². The average Bonchev–Trinajstić information content (AvgIpc) is 2.84. The fourth-order valence-electron chi connectivity index (χ4n) is 4.16. The first-order valence-electron chi connectivity index (χ1n) is 11.7. The van der Waals surface area contributed by atoms with Gasteiger partial charge in [0.25, 0.3) is 0 Å². The molecule has 4 rings (SSSR count). The highest BCUT2D eigenvalue weighted by molar-refractivity contribution is 5.71. The van der Waals surface area contributed by atoms with E-state index in [0.717, 1.165) is 42.4 Å². The maximum Gasteiger partial charge on any atom is 0.131 e. The SMILES string of the molecule is CCCc1ccc(CCc2ccc(-c3ccc(-c4ccc(CC)cc4)cc3F)cc2)cc1. The number of benzene rings is 4. The van der Waals surface area contributed by atoms with Crippen LogP contribution in [0, 0.1) is 5.82 Å². The molecule has 4 aromatic carbocycles. The molecular weight excluding hydrogens is 391 g/mol. The minimum Gasteiger partial charge on any atom is -0.206 e. The van der Waals surface area contributed by atoms with Crippen LogP contribution in [-0.2, 0) is 25.7 Å². The predicted octanol–water partition coefficient (Wildman–Crippen LogP) is 8.46. The number of rotatable bonds is 8. The molecule has 0 saturated carbocycles. The van der Waals surface area contributed by atoms with Crippen LogP contribution >= 0.6 is 0 Å². The van der Waals surface area contributed by atoms with Crippen molar-refractivity contribution in [1.29, 1.82) is 0 Å². The van der Waals surface area contributed by atoms with Crippen LogP contribution in [-0.4, -0.2) is 0 Å². The number of hydrogen-bond donors (Lipinski definition) is 0. The van der Waals surface area contributed by atoms with Crippen molar-refractivity contribution in [3.63, 3.8) is 0 Å². The standard InChI is InChI=1S/C31H31F/c1-3-5-24-6-8-25(9-7-24)10-11-26-14-18-28(19-15-26)30-21-20-29(22-31(30)32)27-16-12-23(4-2)13-17-27/h6-9,12-22H,3-5,10-11H2,1-2H3. The molecule has 0 saturated heterocycles. The van der Waals surface area contributed by atoms with E-state index in [1.54, 1.807) is 6.07 Å². The lowest BCUT2D eigenvalue weighted by atomic mass is 9.97. The minimum atomic E-state index is -0.179. The molecule has 0 amide bonds. The minimum absolute atomic E-state index is 0.179. The van der Waals surface area contributed by atoms with Gasteiger partial charge in [-0.05, 0) is 70.7 Å². The molecule has 0 unspecified atom stereocenters. The molecule has 0 fully saturated rings. The summed E-state index contributed by atoms with van der Waals surface area (Å²) >= 11 is 0. The van der Waals surface area contributed by atoms with Gasteiger partial charge in [-0.3, -0.25) is 0 Å². The molecule has 4 aromatic rings. The molecule has 0 nitrogen and oxygen atoms in total. The Labute approximate surface area is 191 Å². The first kappa shape index (κ1) is 22.0.